The molecule has 0 saturated carbocycles. The third-order valence-electron chi connectivity index (χ3n) is 3.90. The van der Waals surface area contributed by atoms with Gasteiger partial charge in [-0.05, 0) is 37.6 Å². The second kappa shape index (κ2) is 5.19. The molecule has 0 spiro atoms. The van der Waals surface area contributed by atoms with Gasteiger partial charge in [0.1, 0.15) is 0 Å². The number of likely N-dealkylation sites (N-methyl/N-ethyl adjacent to an activating group) is 1. The Morgan fingerprint density at radius 1 is 1.47 bits per heavy atom. The third kappa shape index (κ3) is 2.72. The molecule has 19 heavy (non-hydrogen) atoms. The van der Waals surface area contributed by atoms with Crippen LogP contribution in [0.1, 0.15) is 12.0 Å². The Morgan fingerprint density at radius 2 is 2.37 bits per heavy atom. The van der Waals surface area contributed by atoms with Crippen molar-refractivity contribution in [1.29, 1.82) is 0 Å². The smallest absolute Gasteiger partial charge is 0.408 e. The molecule has 3 rings (SSSR count). The van der Waals surface area contributed by atoms with E-state index >= 15 is 0 Å². The highest BCUT2D eigenvalue weighted by Gasteiger charge is 2.18. The van der Waals surface area contributed by atoms with Gasteiger partial charge in [0.05, 0.1) is 5.52 Å². The van der Waals surface area contributed by atoms with Crippen LogP contribution in [0.4, 0.5) is 0 Å². The number of nitrogens with zero attached hydrogens (tertiary/aromatic N) is 1. The standard InChI is InChI=1S/C14H19N3O2/c1-17-7-6-15-9-11(17)4-2-10-3-5-12-13(8-10)19-14(18)16-12/h3,5,8,11,15H,2,4,6-7,9H2,1H3,(H,16,18). The van der Waals surface area contributed by atoms with Crippen molar-refractivity contribution in [1.82, 2.24) is 15.2 Å². The lowest BCUT2D eigenvalue weighted by Gasteiger charge is -2.33. The number of oxazole rings is 1. The molecule has 0 aliphatic carbocycles. The van der Waals surface area contributed by atoms with Crippen LogP contribution in [-0.2, 0) is 6.42 Å². The van der Waals surface area contributed by atoms with Crippen LogP contribution in [0.15, 0.2) is 27.4 Å². The number of piperazine rings is 1. The van der Waals surface area contributed by atoms with E-state index in [4.69, 9.17) is 4.42 Å². The molecule has 1 aromatic heterocycles. The van der Waals surface area contributed by atoms with Crippen LogP contribution < -0.4 is 11.1 Å². The molecule has 0 radical (unpaired) electrons. The highest BCUT2D eigenvalue weighted by Crippen LogP contribution is 2.15. The summed E-state index contributed by atoms with van der Waals surface area (Å²) >= 11 is 0. The summed E-state index contributed by atoms with van der Waals surface area (Å²) in [6, 6.07) is 6.52. The van der Waals surface area contributed by atoms with Crippen LogP contribution in [0.25, 0.3) is 11.1 Å². The highest BCUT2D eigenvalue weighted by atomic mass is 16.4. The molecule has 0 amide bonds. The molecular formula is C14H19N3O2. The molecule has 102 valence electrons. The van der Waals surface area contributed by atoms with Crippen LogP contribution in [0.5, 0.6) is 0 Å². The highest BCUT2D eigenvalue weighted by molar-refractivity contribution is 5.72. The van der Waals surface area contributed by atoms with Gasteiger partial charge >= 0.3 is 5.76 Å². The molecule has 5 heteroatoms. The topological polar surface area (TPSA) is 61.3 Å². The van der Waals surface area contributed by atoms with Crippen molar-refractivity contribution < 1.29 is 4.42 Å². The van der Waals surface area contributed by atoms with Gasteiger partial charge in [0, 0.05) is 25.7 Å². The van der Waals surface area contributed by atoms with Crippen LogP contribution in [0, 0.1) is 0 Å². The summed E-state index contributed by atoms with van der Waals surface area (Å²) < 4.78 is 5.09. The predicted octanol–water partition coefficient (Wildman–Crippen LogP) is 0.957. The summed E-state index contributed by atoms with van der Waals surface area (Å²) in [6.07, 6.45) is 2.12. The van der Waals surface area contributed by atoms with E-state index in [1.54, 1.807) is 0 Å². The number of aromatic amines is 1. The number of H-pyrrole nitrogens is 1. The molecule has 1 unspecified atom stereocenters. The lowest BCUT2D eigenvalue weighted by Crippen LogP contribution is -2.49. The van der Waals surface area contributed by atoms with E-state index in [0.717, 1.165) is 38.0 Å². The number of rotatable bonds is 3. The van der Waals surface area contributed by atoms with Gasteiger partial charge in [-0.15, -0.1) is 0 Å². The zero-order valence-corrected chi connectivity index (χ0v) is 11.1. The Balaban J connectivity index is 1.69. The van der Waals surface area contributed by atoms with Crippen molar-refractivity contribution in [2.45, 2.75) is 18.9 Å². The zero-order chi connectivity index (χ0) is 13.2. The number of aromatic nitrogens is 1. The maximum atomic E-state index is 11.1. The molecule has 2 aromatic rings. The first kappa shape index (κ1) is 12.4. The van der Waals surface area contributed by atoms with Gasteiger partial charge in [0.15, 0.2) is 5.58 Å². The molecule has 2 heterocycles. The molecule has 0 bridgehead atoms. The lowest BCUT2D eigenvalue weighted by atomic mass is 10.0. The van der Waals surface area contributed by atoms with Crippen molar-refractivity contribution in [3.05, 3.63) is 34.3 Å². The van der Waals surface area contributed by atoms with E-state index in [1.165, 1.54) is 5.56 Å². The fourth-order valence-corrected chi connectivity index (χ4v) is 2.66. The van der Waals surface area contributed by atoms with Gasteiger partial charge in [-0.25, -0.2) is 4.79 Å². The van der Waals surface area contributed by atoms with E-state index in [1.807, 2.05) is 12.1 Å². The van der Waals surface area contributed by atoms with E-state index in [2.05, 4.69) is 28.3 Å². The minimum atomic E-state index is -0.386. The second-order valence-electron chi connectivity index (χ2n) is 5.22. The first-order chi connectivity index (χ1) is 9.22. The Hall–Kier alpha value is -1.59. The maximum Gasteiger partial charge on any atom is 0.417 e. The minimum Gasteiger partial charge on any atom is -0.408 e. The van der Waals surface area contributed by atoms with Gasteiger partial charge in [0.25, 0.3) is 0 Å². The quantitative estimate of drug-likeness (QED) is 0.864. The Bertz CT molecular complexity index is 616. The van der Waals surface area contributed by atoms with E-state index in [9.17, 15) is 4.79 Å². The van der Waals surface area contributed by atoms with Crippen molar-refractivity contribution >= 4 is 11.1 Å². The number of aryl methyl sites for hydroxylation is 1. The van der Waals surface area contributed by atoms with Crippen LogP contribution >= 0.6 is 0 Å². The predicted molar refractivity (Wildman–Crippen MR) is 74.4 cm³/mol. The fourth-order valence-electron chi connectivity index (χ4n) is 2.66. The number of fused-ring (bicyclic) bond motifs is 1. The van der Waals surface area contributed by atoms with Crippen molar-refractivity contribution in [2.24, 2.45) is 0 Å². The number of hydrogen-bond donors (Lipinski definition) is 2. The second-order valence-corrected chi connectivity index (χ2v) is 5.22. The van der Waals surface area contributed by atoms with Crippen LogP contribution in [-0.4, -0.2) is 42.6 Å². The zero-order valence-electron chi connectivity index (χ0n) is 11.1. The summed E-state index contributed by atoms with van der Waals surface area (Å²) in [5, 5.41) is 3.43. The van der Waals surface area contributed by atoms with Gasteiger partial charge in [0.2, 0.25) is 0 Å². The Morgan fingerprint density at radius 3 is 3.21 bits per heavy atom. The molecule has 1 atom stereocenters. The molecule has 1 aliphatic rings. The van der Waals surface area contributed by atoms with Gasteiger partial charge in [-0.2, -0.15) is 0 Å². The Kier molecular flexibility index (Phi) is 3.40. The largest absolute Gasteiger partial charge is 0.417 e. The van der Waals surface area contributed by atoms with Gasteiger partial charge < -0.3 is 14.6 Å². The Labute approximate surface area is 111 Å². The molecule has 1 aliphatic heterocycles. The third-order valence-corrected chi connectivity index (χ3v) is 3.90. The van der Waals surface area contributed by atoms with E-state index in [0.29, 0.717) is 11.6 Å². The number of hydrogen-bond acceptors (Lipinski definition) is 4. The summed E-state index contributed by atoms with van der Waals surface area (Å²) in [5.74, 6) is -0.386. The molecule has 1 aromatic carbocycles. The normalized spacial score (nSPS) is 21.0. The number of nitrogens with one attached hydrogen (secondary N) is 2. The lowest BCUT2D eigenvalue weighted by molar-refractivity contribution is 0.191. The SMILES string of the molecule is CN1CCNCC1CCc1ccc2[nH]c(=O)oc2c1. The summed E-state index contributed by atoms with van der Waals surface area (Å²) in [4.78, 5) is 16.2. The summed E-state index contributed by atoms with van der Waals surface area (Å²) in [6.45, 7) is 3.24. The van der Waals surface area contributed by atoms with Gasteiger partial charge in [-0.1, -0.05) is 6.07 Å². The van der Waals surface area contributed by atoms with Gasteiger partial charge in [-0.3, -0.25) is 4.98 Å². The minimum absolute atomic E-state index is 0.386. The molecular weight excluding hydrogens is 242 g/mol. The first-order valence-electron chi connectivity index (χ1n) is 6.75. The van der Waals surface area contributed by atoms with Crippen LogP contribution in [0.3, 0.4) is 0 Å². The van der Waals surface area contributed by atoms with Crippen molar-refractivity contribution in [3.8, 4) is 0 Å². The van der Waals surface area contributed by atoms with Crippen molar-refractivity contribution in [3.63, 3.8) is 0 Å². The summed E-state index contributed by atoms with van der Waals surface area (Å²) in [7, 11) is 2.18. The number of benzene rings is 1. The average Bonchev–Trinajstić information content (AvgIpc) is 2.77. The van der Waals surface area contributed by atoms with E-state index in [-0.39, 0.29) is 5.76 Å². The molecule has 1 fully saturated rings. The molecule has 1 saturated heterocycles. The maximum absolute atomic E-state index is 11.1. The fraction of sp³-hybridized carbons (Fsp3) is 0.500. The summed E-state index contributed by atoms with van der Waals surface area (Å²) in [5.41, 5.74) is 2.64. The average molecular weight is 261 g/mol. The van der Waals surface area contributed by atoms with Crippen molar-refractivity contribution in [2.75, 3.05) is 26.7 Å². The molecule has 2 N–H and O–H groups in total. The van der Waals surface area contributed by atoms with Crippen LogP contribution in [0.2, 0.25) is 0 Å². The first-order valence-corrected chi connectivity index (χ1v) is 6.75. The molecule has 5 nitrogen and oxygen atoms in total. The monoisotopic (exact) mass is 261 g/mol. The van der Waals surface area contributed by atoms with E-state index < -0.39 is 0 Å².